The fraction of sp³-hybridized carbons (Fsp3) is 0.346. The van der Waals surface area contributed by atoms with Gasteiger partial charge in [0.1, 0.15) is 12.7 Å². The van der Waals surface area contributed by atoms with E-state index >= 15 is 0 Å². The van der Waals surface area contributed by atoms with Crippen LogP contribution in [0.15, 0.2) is 59.7 Å². The van der Waals surface area contributed by atoms with Crippen LogP contribution in [0, 0.1) is 0 Å². The fourth-order valence-corrected chi connectivity index (χ4v) is 4.84. The van der Waals surface area contributed by atoms with Gasteiger partial charge in [-0.2, -0.15) is 4.99 Å². The van der Waals surface area contributed by atoms with E-state index in [1.807, 2.05) is 11.0 Å². The quantitative estimate of drug-likeness (QED) is 0.671. The van der Waals surface area contributed by atoms with Crippen molar-refractivity contribution in [2.75, 3.05) is 33.0 Å². The molecular formula is C26H27N3O4. The lowest BCUT2D eigenvalue weighted by Gasteiger charge is -2.37. The van der Waals surface area contributed by atoms with Gasteiger partial charge in [0.25, 0.3) is 0 Å². The van der Waals surface area contributed by atoms with Crippen LogP contribution in [0.1, 0.15) is 11.1 Å². The number of hydrogen-bond donors (Lipinski definition) is 1. The number of benzene rings is 2. The number of ether oxygens (including phenoxy) is 3. The molecule has 2 atom stereocenters. The summed E-state index contributed by atoms with van der Waals surface area (Å²) in [6, 6.07) is 15.3. The highest BCUT2D eigenvalue weighted by molar-refractivity contribution is 5.97. The average molecular weight is 446 g/mol. The number of aromatic nitrogens is 1. The molecule has 1 aromatic heterocycles. The second kappa shape index (κ2) is 8.33. The normalized spacial score (nSPS) is 22.4. The van der Waals surface area contributed by atoms with Crippen LogP contribution < -0.4 is 0 Å². The van der Waals surface area contributed by atoms with Gasteiger partial charge in [-0.1, -0.05) is 24.3 Å². The van der Waals surface area contributed by atoms with E-state index in [1.165, 1.54) is 27.6 Å². The first-order valence-corrected chi connectivity index (χ1v) is 11.4. The van der Waals surface area contributed by atoms with Crippen molar-refractivity contribution in [1.82, 2.24) is 9.47 Å². The molecule has 3 aromatic rings. The lowest BCUT2D eigenvalue weighted by molar-refractivity contribution is -0.103. The highest BCUT2D eigenvalue weighted by Gasteiger charge is 2.30. The van der Waals surface area contributed by atoms with E-state index in [0.717, 1.165) is 17.7 Å². The molecule has 6 rings (SSSR count). The molecule has 0 saturated carbocycles. The minimum absolute atomic E-state index is 0.113. The van der Waals surface area contributed by atoms with Gasteiger partial charge in [0.05, 0.1) is 25.5 Å². The second-order valence-electron chi connectivity index (χ2n) is 8.74. The minimum Gasteiger partial charge on any atom is -0.475 e. The lowest BCUT2D eigenvalue weighted by Crippen LogP contribution is -2.41. The van der Waals surface area contributed by atoms with E-state index in [1.54, 1.807) is 0 Å². The minimum atomic E-state index is -0.947. The maximum absolute atomic E-state index is 10.6. The number of aliphatic hydroxyl groups excluding tert-OH is 1. The predicted octanol–water partition coefficient (Wildman–Crippen LogP) is 3.16. The molecule has 0 radical (unpaired) electrons. The van der Waals surface area contributed by atoms with Crippen LogP contribution in [-0.2, 0) is 27.7 Å². The van der Waals surface area contributed by atoms with Gasteiger partial charge in [-0.15, -0.1) is 0 Å². The number of hydrogen-bond acceptors (Lipinski definition) is 6. The topological polar surface area (TPSA) is 68.5 Å². The number of rotatable bonds is 3. The molecule has 0 amide bonds. The molecule has 2 aromatic carbocycles. The van der Waals surface area contributed by atoms with Crippen molar-refractivity contribution in [2.45, 2.75) is 18.9 Å². The Kier molecular flexibility index (Phi) is 5.17. The van der Waals surface area contributed by atoms with E-state index in [2.05, 4.69) is 65.3 Å². The first-order chi connectivity index (χ1) is 16.2. The van der Waals surface area contributed by atoms with E-state index in [-0.39, 0.29) is 6.10 Å². The summed E-state index contributed by atoms with van der Waals surface area (Å²) in [5, 5.41) is 11.9. The van der Waals surface area contributed by atoms with Crippen LogP contribution in [0.5, 0.6) is 0 Å². The number of aliphatic imine (C=N–C) groups is 1. The Morgan fingerprint density at radius 3 is 2.88 bits per heavy atom. The summed E-state index contributed by atoms with van der Waals surface area (Å²) in [7, 11) is 2.07. The molecule has 3 aliphatic heterocycles. The fourth-order valence-electron chi connectivity index (χ4n) is 4.84. The first kappa shape index (κ1) is 20.5. The monoisotopic (exact) mass is 445 g/mol. The molecule has 2 unspecified atom stereocenters. The maximum atomic E-state index is 10.6. The summed E-state index contributed by atoms with van der Waals surface area (Å²) >= 11 is 0. The highest BCUT2D eigenvalue weighted by Crippen LogP contribution is 2.35. The zero-order valence-corrected chi connectivity index (χ0v) is 18.6. The van der Waals surface area contributed by atoms with Crippen LogP contribution in [0.25, 0.3) is 27.7 Å². The molecule has 0 spiro atoms. The van der Waals surface area contributed by atoms with Gasteiger partial charge in [-0.25, -0.2) is 0 Å². The summed E-state index contributed by atoms with van der Waals surface area (Å²) in [6.07, 6.45) is 3.80. The molecular weight excluding hydrogens is 418 g/mol. The Hall–Kier alpha value is -3.13. The summed E-state index contributed by atoms with van der Waals surface area (Å²) in [5.41, 5.74) is 6.95. The number of aliphatic hydroxyl groups is 1. The van der Waals surface area contributed by atoms with Gasteiger partial charge in [0, 0.05) is 42.3 Å². The van der Waals surface area contributed by atoms with E-state index in [9.17, 15) is 5.11 Å². The van der Waals surface area contributed by atoms with Crippen LogP contribution >= 0.6 is 0 Å². The molecule has 0 aliphatic carbocycles. The molecule has 33 heavy (non-hydrogen) atoms. The van der Waals surface area contributed by atoms with Crippen molar-refractivity contribution in [3.63, 3.8) is 0 Å². The van der Waals surface area contributed by atoms with E-state index < -0.39 is 6.35 Å². The lowest BCUT2D eigenvalue weighted by atomic mass is 9.91. The Morgan fingerprint density at radius 1 is 1.12 bits per heavy atom. The van der Waals surface area contributed by atoms with Crippen molar-refractivity contribution < 1.29 is 19.3 Å². The molecule has 170 valence electrons. The van der Waals surface area contributed by atoms with E-state index in [4.69, 9.17) is 14.2 Å². The second-order valence-corrected chi connectivity index (χ2v) is 8.74. The SMILES string of the molecule is Cn1ccc2cc(-c3ccc4c(c3)CCN3C4=CC(OCC4COCCO4)=NC3O)ccc21. The molecule has 1 fully saturated rings. The van der Waals surface area contributed by atoms with E-state index in [0.29, 0.717) is 38.9 Å². The number of aryl methyl sites for hydroxylation is 1. The van der Waals surface area contributed by atoms with Gasteiger partial charge in [0.2, 0.25) is 12.2 Å². The third kappa shape index (κ3) is 3.82. The molecule has 1 saturated heterocycles. The Morgan fingerprint density at radius 2 is 2.00 bits per heavy atom. The van der Waals surface area contributed by atoms with Crippen LogP contribution in [-0.4, -0.2) is 65.9 Å². The van der Waals surface area contributed by atoms with Crippen molar-refractivity contribution in [2.24, 2.45) is 12.0 Å². The van der Waals surface area contributed by atoms with Gasteiger partial charge in [-0.3, -0.25) is 0 Å². The predicted molar refractivity (Wildman–Crippen MR) is 127 cm³/mol. The number of nitrogens with zero attached hydrogens (tertiary/aromatic N) is 3. The Labute approximate surface area is 192 Å². The van der Waals surface area contributed by atoms with Gasteiger partial charge >= 0.3 is 0 Å². The largest absolute Gasteiger partial charge is 0.475 e. The van der Waals surface area contributed by atoms with Crippen LogP contribution in [0.3, 0.4) is 0 Å². The molecule has 7 nitrogen and oxygen atoms in total. The smallest absolute Gasteiger partial charge is 0.229 e. The average Bonchev–Trinajstić information content (AvgIpc) is 3.23. The zero-order valence-electron chi connectivity index (χ0n) is 18.6. The first-order valence-electron chi connectivity index (χ1n) is 11.4. The molecule has 4 heterocycles. The standard InChI is InChI=1S/C26H27N3O4/c1-28-8-6-20-13-18(3-5-23(20)28)17-2-4-22-19(12-17)7-9-29-24(22)14-25(27-26(29)30)33-16-21-15-31-10-11-32-21/h2-6,8,12-14,21,26,30H,7,9-11,15-16H2,1H3. The molecule has 0 bridgehead atoms. The Bertz CT molecular complexity index is 1260. The van der Waals surface area contributed by atoms with Gasteiger partial charge in [0.15, 0.2) is 0 Å². The van der Waals surface area contributed by atoms with Gasteiger partial charge < -0.3 is 28.8 Å². The third-order valence-electron chi connectivity index (χ3n) is 6.61. The molecule has 1 N–H and O–H groups in total. The summed E-state index contributed by atoms with van der Waals surface area (Å²) in [6.45, 7) is 2.76. The number of fused-ring (bicyclic) bond motifs is 4. The van der Waals surface area contributed by atoms with Crippen LogP contribution in [0.2, 0.25) is 0 Å². The van der Waals surface area contributed by atoms with Crippen molar-refractivity contribution >= 4 is 22.5 Å². The van der Waals surface area contributed by atoms with Crippen molar-refractivity contribution in [3.05, 3.63) is 65.9 Å². The summed E-state index contributed by atoms with van der Waals surface area (Å²) in [4.78, 5) is 6.24. The van der Waals surface area contributed by atoms with Gasteiger partial charge in [-0.05, 0) is 41.3 Å². The molecule has 3 aliphatic rings. The maximum Gasteiger partial charge on any atom is 0.229 e. The van der Waals surface area contributed by atoms with Crippen LogP contribution in [0.4, 0.5) is 0 Å². The highest BCUT2D eigenvalue weighted by atomic mass is 16.6. The summed E-state index contributed by atoms with van der Waals surface area (Å²) < 4.78 is 19.1. The Balaban J connectivity index is 1.27. The molecule has 7 heteroatoms. The summed E-state index contributed by atoms with van der Waals surface area (Å²) in [5.74, 6) is 0.425. The third-order valence-corrected chi connectivity index (χ3v) is 6.61. The zero-order chi connectivity index (χ0) is 22.4. The van der Waals surface area contributed by atoms with Crippen molar-refractivity contribution in [1.29, 1.82) is 0 Å². The van der Waals surface area contributed by atoms with Crippen molar-refractivity contribution in [3.8, 4) is 11.1 Å².